The molecule has 0 radical (unpaired) electrons. The Labute approximate surface area is 176 Å². The Hall–Kier alpha value is -3.20. The van der Waals surface area contributed by atoms with Crippen LogP contribution in [-0.4, -0.2) is 28.0 Å². The van der Waals surface area contributed by atoms with Gasteiger partial charge in [0.1, 0.15) is 5.75 Å². The van der Waals surface area contributed by atoms with Crippen molar-refractivity contribution in [3.63, 3.8) is 0 Å². The molecule has 0 saturated heterocycles. The third-order valence-corrected chi connectivity index (χ3v) is 5.55. The third-order valence-electron chi connectivity index (χ3n) is 4.40. The molecular formula is C20H20BrN5O3. The highest BCUT2D eigenvalue weighted by Gasteiger charge is 2.12. The van der Waals surface area contributed by atoms with Crippen LogP contribution in [0, 0.1) is 24.0 Å². The third kappa shape index (κ3) is 4.80. The number of nitro benzene ring substituents is 1. The molecular weight excluding hydrogens is 438 g/mol. The summed E-state index contributed by atoms with van der Waals surface area (Å²) in [7, 11) is 1.64. The molecule has 0 aliphatic carbocycles. The van der Waals surface area contributed by atoms with Crippen LogP contribution in [0.5, 0.6) is 5.75 Å². The summed E-state index contributed by atoms with van der Waals surface area (Å²) in [6.45, 7) is 4.53. The first-order chi connectivity index (χ1) is 13.9. The van der Waals surface area contributed by atoms with E-state index in [0.717, 1.165) is 32.7 Å². The number of hydrogen-bond donors (Lipinski definition) is 1. The second-order valence-corrected chi connectivity index (χ2v) is 7.18. The van der Waals surface area contributed by atoms with Crippen molar-refractivity contribution in [3.05, 3.63) is 79.6 Å². The van der Waals surface area contributed by atoms with Gasteiger partial charge in [-0.1, -0.05) is 0 Å². The van der Waals surface area contributed by atoms with Gasteiger partial charge in [-0.2, -0.15) is 10.2 Å². The van der Waals surface area contributed by atoms with E-state index in [-0.39, 0.29) is 5.69 Å². The average molecular weight is 458 g/mol. The first-order valence-electron chi connectivity index (χ1n) is 8.79. The molecule has 1 aromatic heterocycles. The highest BCUT2D eigenvalue weighted by Crippen LogP contribution is 2.24. The highest BCUT2D eigenvalue weighted by atomic mass is 79.9. The smallest absolute Gasteiger partial charge is 0.269 e. The minimum atomic E-state index is -0.437. The number of non-ortho nitro benzene ring substituents is 1. The number of nitrogens with zero attached hydrogens (tertiary/aromatic N) is 4. The van der Waals surface area contributed by atoms with E-state index < -0.39 is 4.92 Å². The first kappa shape index (κ1) is 20.5. The van der Waals surface area contributed by atoms with E-state index in [1.165, 1.54) is 12.1 Å². The molecule has 0 aliphatic rings. The zero-order valence-corrected chi connectivity index (χ0v) is 17.8. The van der Waals surface area contributed by atoms with Crippen LogP contribution in [0.4, 0.5) is 11.4 Å². The van der Waals surface area contributed by atoms with Crippen LogP contribution in [0.1, 0.15) is 22.5 Å². The largest absolute Gasteiger partial charge is 0.496 e. The second-order valence-electron chi connectivity index (χ2n) is 6.39. The highest BCUT2D eigenvalue weighted by molar-refractivity contribution is 9.10. The van der Waals surface area contributed by atoms with Gasteiger partial charge in [-0.25, -0.2) is 0 Å². The van der Waals surface area contributed by atoms with Gasteiger partial charge < -0.3 is 4.74 Å². The Kier molecular flexibility index (Phi) is 6.28. The van der Waals surface area contributed by atoms with Crippen LogP contribution in [-0.2, 0) is 6.54 Å². The van der Waals surface area contributed by atoms with Crippen molar-refractivity contribution in [1.82, 2.24) is 9.78 Å². The van der Waals surface area contributed by atoms with Crippen LogP contribution in [0.2, 0.25) is 0 Å². The minimum absolute atomic E-state index is 0.0371. The molecule has 9 heteroatoms. The SMILES string of the molecule is COc1ccc(/C=N/Nc2ccc([N+](=O)[O-])cc2)cc1Cn1nc(C)c(Br)c1C. The van der Waals surface area contributed by atoms with E-state index in [4.69, 9.17) is 4.74 Å². The zero-order chi connectivity index (χ0) is 21.0. The molecule has 8 nitrogen and oxygen atoms in total. The van der Waals surface area contributed by atoms with Crippen LogP contribution in [0.25, 0.3) is 0 Å². The number of aromatic nitrogens is 2. The molecule has 150 valence electrons. The quantitative estimate of drug-likeness (QED) is 0.315. The van der Waals surface area contributed by atoms with Crippen molar-refractivity contribution in [3.8, 4) is 5.75 Å². The summed E-state index contributed by atoms with van der Waals surface area (Å²) in [6.07, 6.45) is 1.68. The van der Waals surface area contributed by atoms with Crippen LogP contribution < -0.4 is 10.2 Å². The number of methoxy groups -OCH3 is 1. The fourth-order valence-electron chi connectivity index (χ4n) is 2.83. The molecule has 1 N–H and O–H groups in total. The number of nitrogens with one attached hydrogen (secondary N) is 1. The summed E-state index contributed by atoms with van der Waals surface area (Å²) in [4.78, 5) is 10.3. The molecule has 0 unspecified atom stereocenters. The Balaban J connectivity index is 1.76. The summed E-state index contributed by atoms with van der Waals surface area (Å²) in [6, 6.07) is 11.9. The van der Waals surface area contributed by atoms with Gasteiger partial charge in [-0.05, 0) is 65.7 Å². The number of halogens is 1. The van der Waals surface area contributed by atoms with E-state index in [9.17, 15) is 10.1 Å². The van der Waals surface area contributed by atoms with E-state index >= 15 is 0 Å². The van der Waals surface area contributed by atoms with Gasteiger partial charge >= 0.3 is 0 Å². The number of benzene rings is 2. The van der Waals surface area contributed by atoms with Crippen molar-refractivity contribution in [2.24, 2.45) is 5.10 Å². The predicted molar refractivity (Wildman–Crippen MR) is 116 cm³/mol. The Morgan fingerprint density at radius 1 is 1.28 bits per heavy atom. The number of hydrogen-bond acceptors (Lipinski definition) is 6. The second kappa shape index (κ2) is 8.87. The number of nitro groups is 1. The average Bonchev–Trinajstić information content (AvgIpc) is 2.95. The monoisotopic (exact) mass is 457 g/mol. The first-order valence-corrected chi connectivity index (χ1v) is 9.58. The molecule has 0 bridgehead atoms. The van der Waals surface area contributed by atoms with Crippen molar-refractivity contribution in [2.45, 2.75) is 20.4 Å². The van der Waals surface area contributed by atoms with Gasteiger partial charge in [0, 0.05) is 17.7 Å². The van der Waals surface area contributed by atoms with Gasteiger partial charge in [0.25, 0.3) is 5.69 Å². The normalized spacial score (nSPS) is 11.0. The fourth-order valence-corrected chi connectivity index (χ4v) is 3.12. The molecule has 0 atom stereocenters. The molecule has 3 rings (SSSR count). The zero-order valence-electron chi connectivity index (χ0n) is 16.2. The summed E-state index contributed by atoms with van der Waals surface area (Å²) in [5.74, 6) is 0.772. The molecule has 0 spiro atoms. The van der Waals surface area contributed by atoms with E-state index in [1.807, 2.05) is 36.7 Å². The minimum Gasteiger partial charge on any atom is -0.496 e. The maximum Gasteiger partial charge on any atom is 0.269 e. The predicted octanol–water partition coefficient (Wildman–Crippen LogP) is 4.67. The maximum absolute atomic E-state index is 10.7. The number of hydrazone groups is 1. The standard InChI is InChI=1S/C20H20BrN5O3/c1-13-20(21)14(2)25(24-13)12-16-10-15(4-9-19(16)29-3)11-22-23-17-5-7-18(8-6-17)26(27)28/h4-11,23H,12H2,1-3H3/b22-11+. The number of ether oxygens (including phenoxy) is 1. The maximum atomic E-state index is 10.7. The van der Waals surface area contributed by atoms with Gasteiger partial charge in [-0.15, -0.1) is 0 Å². The van der Waals surface area contributed by atoms with Crippen LogP contribution in [0.15, 0.2) is 52.0 Å². The van der Waals surface area contributed by atoms with Crippen LogP contribution >= 0.6 is 15.9 Å². The van der Waals surface area contributed by atoms with Gasteiger partial charge in [0.05, 0.1) is 46.3 Å². The Morgan fingerprint density at radius 2 is 2.00 bits per heavy atom. The summed E-state index contributed by atoms with van der Waals surface area (Å²) >= 11 is 3.55. The summed E-state index contributed by atoms with van der Waals surface area (Å²) in [5.41, 5.74) is 7.41. The summed E-state index contributed by atoms with van der Waals surface area (Å²) in [5, 5.41) is 19.5. The molecule has 0 fully saturated rings. The number of rotatable bonds is 7. The Morgan fingerprint density at radius 3 is 2.59 bits per heavy atom. The van der Waals surface area contributed by atoms with Crippen molar-refractivity contribution >= 4 is 33.5 Å². The van der Waals surface area contributed by atoms with Gasteiger partial charge in [0.2, 0.25) is 0 Å². The number of anilines is 1. The molecule has 3 aromatic rings. The van der Waals surface area contributed by atoms with Gasteiger partial charge in [-0.3, -0.25) is 20.2 Å². The van der Waals surface area contributed by atoms with Gasteiger partial charge in [0.15, 0.2) is 0 Å². The van der Waals surface area contributed by atoms with Crippen molar-refractivity contribution < 1.29 is 9.66 Å². The van der Waals surface area contributed by atoms with Crippen molar-refractivity contribution in [1.29, 1.82) is 0 Å². The van der Waals surface area contributed by atoms with E-state index in [2.05, 4.69) is 31.6 Å². The lowest BCUT2D eigenvalue weighted by Crippen LogP contribution is -2.06. The number of aryl methyl sites for hydroxylation is 1. The lowest BCUT2D eigenvalue weighted by molar-refractivity contribution is -0.384. The fraction of sp³-hybridized carbons (Fsp3) is 0.200. The molecule has 1 heterocycles. The summed E-state index contributed by atoms with van der Waals surface area (Å²) < 4.78 is 8.41. The Bertz CT molecular complexity index is 1060. The lowest BCUT2D eigenvalue weighted by Gasteiger charge is -2.11. The lowest BCUT2D eigenvalue weighted by atomic mass is 10.1. The molecule has 2 aromatic carbocycles. The molecule has 0 amide bonds. The topological polar surface area (TPSA) is 94.6 Å². The van der Waals surface area contributed by atoms with E-state index in [1.54, 1.807) is 25.5 Å². The van der Waals surface area contributed by atoms with Crippen molar-refractivity contribution in [2.75, 3.05) is 12.5 Å². The van der Waals surface area contributed by atoms with E-state index in [0.29, 0.717) is 12.2 Å². The molecule has 0 aliphatic heterocycles. The van der Waals surface area contributed by atoms with Crippen LogP contribution in [0.3, 0.4) is 0 Å². The molecule has 29 heavy (non-hydrogen) atoms. The molecule has 0 saturated carbocycles.